The average molecular weight is 479 g/mol. The molecule has 154 valence electrons. The molecule has 7 nitrogen and oxygen atoms in total. The molecule has 0 saturated heterocycles. The molecule has 0 atom stereocenters. The lowest BCUT2D eigenvalue weighted by Gasteiger charge is -2.09. The van der Waals surface area contributed by atoms with Gasteiger partial charge in [0.15, 0.2) is 5.70 Å². The van der Waals surface area contributed by atoms with Gasteiger partial charge in [-0.25, -0.2) is 9.79 Å². The minimum absolute atomic E-state index is 0.0215. The van der Waals surface area contributed by atoms with E-state index in [4.69, 9.17) is 9.47 Å². The van der Waals surface area contributed by atoms with E-state index in [0.717, 1.165) is 10.0 Å². The molecule has 0 N–H and O–H groups in total. The van der Waals surface area contributed by atoms with Crippen molar-refractivity contribution in [3.8, 4) is 5.75 Å². The van der Waals surface area contributed by atoms with Crippen LogP contribution in [0.5, 0.6) is 5.75 Å². The fraction of sp³-hybridized carbons (Fsp3) is 0.0435. The molecule has 0 unspecified atom stereocenters. The Labute approximate surface area is 185 Å². The van der Waals surface area contributed by atoms with Gasteiger partial charge in [0.1, 0.15) is 12.4 Å². The number of hydrogen-bond donors (Lipinski definition) is 0. The van der Waals surface area contributed by atoms with Crippen molar-refractivity contribution < 1.29 is 19.2 Å². The molecule has 0 aromatic heterocycles. The highest BCUT2D eigenvalue weighted by atomic mass is 79.9. The Morgan fingerprint density at radius 2 is 1.84 bits per heavy atom. The maximum absolute atomic E-state index is 12.3. The third-order valence-corrected chi connectivity index (χ3v) is 4.97. The number of para-hydroxylation sites is 1. The topological polar surface area (TPSA) is 91.0 Å². The number of carbonyl (C=O) groups excluding carboxylic acids is 1. The second-order valence-electron chi connectivity index (χ2n) is 6.60. The Morgan fingerprint density at radius 3 is 2.61 bits per heavy atom. The van der Waals surface area contributed by atoms with Gasteiger partial charge in [-0.2, -0.15) is 0 Å². The van der Waals surface area contributed by atoms with E-state index in [1.54, 1.807) is 24.3 Å². The van der Waals surface area contributed by atoms with Gasteiger partial charge >= 0.3 is 5.97 Å². The normalized spacial score (nSPS) is 14.3. The van der Waals surface area contributed by atoms with E-state index in [0.29, 0.717) is 23.5 Å². The molecule has 3 aromatic rings. The van der Waals surface area contributed by atoms with Crippen LogP contribution in [-0.2, 0) is 16.1 Å². The van der Waals surface area contributed by atoms with Crippen molar-refractivity contribution in [3.63, 3.8) is 0 Å². The van der Waals surface area contributed by atoms with E-state index >= 15 is 0 Å². The van der Waals surface area contributed by atoms with Crippen LogP contribution in [0.2, 0.25) is 0 Å². The fourth-order valence-corrected chi connectivity index (χ4v) is 3.17. The number of carbonyl (C=O) groups is 1. The highest BCUT2D eigenvalue weighted by Gasteiger charge is 2.25. The Balaban J connectivity index is 1.58. The van der Waals surface area contributed by atoms with Gasteiger partial charge in [0, 0.05) is 27.7 Å². The largest absolute Gasteiger partial charge is 0.488 e. The number of nitro benzene ring substituents is 1. The highest BCUT2D eigenvalue weighted by molar-refractivity contribution is 9.10. The molecule has 0 bridgehead atoms. The molecule has 1 aliphatic rings. The summed E-state index contributed by atoms with van der Waals surface area (Å²) in [6.07, 6.45) is 1.57. The van der Waals surface area contributed by atoms with Crippen LogP contribution >= 0.6 is 15.9 Å². The zero-order valence-electron chi connectivity index (χ0n) is 16.0. The number of ether oxygens (including phenoxy) is 2. The van der Waals surface area contributed by atoms with Crippen LogP contribution in [0.4, 0.5) is 5.69 Å². The molecule has 0 saturated carbocycles. The Bertz CT molecular complexity index is 1220. The molecule has 8 heteroatoms. The number of nitrogens with zero attached hydrogens (tertiary/aromatic N) is 2. The van der Waals surface area contributed by atoms with Crippen molar-refractivity contribution in [2.24, 2.45) is 4.99 Å². The summed E-state index contributed by atoms with van der Waals surface area (Å²) in [5.41, 5.74) is 1.99. The number of nitro groups is 1. The first-order valence-corrected chi connectivity index (χ1v) is 10.0. The average Bonchev–Trinajstić information content (AvgIpc) is 3.14. The number of halogens is 1. The summed E-state index contributed by atoms with van der Waals surface area (Å²) in [5, 5.41) is 11.0. The van der Waals surface area contributed by atoms with E-state index in [9.17, 15) is 14.9 Å². The number of benzene rings is 3. The third-order valence-electron chi connectivity index (χ3n) is 4.44. The van der Waals surface area contributed by atoms with Crippen LogP contribution in [0.1, 0.15) is 16.7 Å². The first-order chi connectivity index (χ1) is 15.0. The van der Waals surface area contributed by atoms with Crippen LogP contribution < -0.4 is 4.74 Å². The van der Waals surface area contributed by atoms with Crippen molar-refractivity contribution in [2.75, 3.05) is 0 Å². The zero-order valence-corrected chi connectivity index (χ0v) is 17.6. The summed E-state index contributed by atoms with van der Waals surface area (Å²) in [6.45, 7) is 0.361. The minimum Gasteiger partial charge on any atom is -0.488 e. The number of hydrogen-bond acceptors (Lipinski definition) is 6. The minimum atomic E-state index is -0.635. The number of non-ortho nitro benzene ring substituents is 1. The summed E-state index contributed by atoms with van der Waals surface area (Å²) >= 11 is 3.40. The van der Waals surface area contributed by atoms with Gasteiger partial charge in [0.05, 0.1) is 4.92 Å². The molecule has 3 aromatic carbocycles. The Morgan fingerprint density at radius 1 is 1.06 bits per heavy atom. The van der Waals surface area contributed by atoms with Crippen LogP contribution in [0.15, 0.2) is 88.0 Å². The van der Waals surface area contributed by atoms with Crippen LogP contribution in [0.25, 0.3) is 6.08 Å². The molecular weight excluding hydrogens is 464 g/mol. The summed E-state index contributed by atoms with van der Waals surface area (Å²) in [7, 11) is 0. The van der Waals surface area contributed by atoms with Crippen molar-refractivity contribution in [1.29, 1.82) is 0 Å². The smallest absolute Gasteiger partial charge is 0.363 e. The molecular formula is C23H15BrN2O5. The molecule has 31 heavy (non-hydrogen) atoms. The van der Waals surface area contributed by atoms with Gasteiger partial charge in [-0.05, 0) is 35.9 Å². The van der Waals surface area contributed by atoms with E-state index in [2.05, 4.69) is 20.9 Å². The summed E-state index contributed by atoms with van der Waals surface area (Å²) in [4.78, 5) is 27.0. The second-order valence-corrected chi connectivity index (χ2v) is 7.51. The van der Waals surface area contributed by atoms with Gasteiger partial charge in [-0.15, -0.1) is 0 Å². The SMILES string of the molecule is O=C1OC(c2cccc([N+](=O)[O-])c2)=N/C1=C/c1ccccc1OCc1ccc(Br)cc1. The fourth-order valence-electron chi connectivity index (χ4n) is 2.91. The van der Waals surface area contributed by atoms with Gasteiger partial charge in [0.2, 0.25) is 5.90 Å². The van der Waals surface area contributed by atoms with Crippen molar-refractivity contribution in [1.82, 2.24) is 0 Å². The van der Waals surface area contributed by atoms with E-state index in [1.807, 2.05) is 36.4 Å². The standard InChI is InChI=1S/C23H15BrN2O5/c24-18-10-8-15(9-11-18)14-30-21-7-2-1-4-16(21)13-20-23(27)31-22(25-20)17-5-3-6-19(12-17)26(28)29/h1-13H,14H2/b20-13+. The van der Waals surface area contributed by atoms with Crippen LogP contribution in [0.3, 0.4) is 0 Å². The maximum atomic E-state index is 12.3. The molecule has 0 aliphatic carbocycles. The highest BCUT2D eigenvalue weighted by Crippen LogP contribution is 2.26. The van der Waals surface area contributed by atoms with E-state index in [-0.39, 0.29) is 17.3 Å². The molecule has 1 aliphatic heterocycles. The lowest BCUT2D eigenvalue weighted by Crippen LogP contribution is -2.05. The molecule has 0 amide bonds. The molecule has 4 rings (SSSR count). The molecule has 0 spiro atoms. The van der Waals surface area contributed by atoms with Crippen LogP contribution in [-0.4, -0.2) is 16.8 Å². The first kappa shape index (κ1) is 20.5. The maximum Gasteiger partial charge on any atom is 0.363 e. The van der Waals surface area contributed by atoms with Gasteiger partial charge < -0.3 is 9.47 Å². The molecule has 0 radical (unpaired) electrons. The monoisotopic (exact) mass is 478 g/mol. The quantitative estimate of drug-likeness (QED) is 0.208. The Hall–Kier alpha value is -3.78. The van der Waals surface area contributed by atoms with Crippen molar-refractivity contribution in [3.05, 3.63) is 110 Å². The summed E-state index contributed by atoms with van der Waals surface area (Å²) in [6, 6.07) is 20.8. The predicted molar refractivity (Wildman–Crippen MR) is 119 cm³/mol. The summed E-state index contributed by atoms with van der Waals surface area (Å²) < 4.78 is 12.1. The number of cyclic esters (lactones) is 1. The lowest BCUT2D eigenvalue weighted by molar-refractivity contribution is -0.384. The van der Waals surface area contributed by atoms with Gasteiger partial charge in [-0.3, -0.25) is 10.1 Å². The second kappa shape index (κ2) is 8.93. The van der Waals surface area contributed by atoms with Gasteiger partial charge in [0.25, 0.3) is 5.69 Å². The number of rotatable bonds is 6. The lowest BCUT2D eigenvalue weighted by atomic mass is 10.1. The van der Waals surface area contributed by atoms with E-state index < -0.39 is 10.9 Å². The Kier molecular flexibility index (Phi) is 5.90. The molecule has 1 heterocycles. The van der Waals surface area contributed by atoms with Crippen LogP contribution in [0, 0.1) is 10.1 Å². The zero-order chi connectivity index (χ0) is 21.8. The molecule has 0 fully saturated rings. The number of esters is 1. The predicted octanol–water partition coefficient (Wildman–Crippen LogP) is 5.28. The summed E-state index contributed by atoms with van der Waals surface area (Å²) in [5.74, 6) is -0.0258. The van der Waals surface area contributed by atoms with E-state index in [1.165, 1.54) is 18.2 Å². The van der Waals surface area contributed by atoms with Crippen molar-refractivity contribution in [2.45, 2.75) is 6.61 Å². The third kappa shape index (κ3) is 4.87. The number of aliphatic imine (C=N–C) groups is 1. The van der Waals surface area contributed by atoms with Crippen molar-refractivity contribution >= 4 is 39.6 Å². The first-order valence-electron chi connectivity index (χ1n) is 9.23. The van der Waals surface area contributed by atoms with Gasteiger partial charge in [-0.1, -0.05) is 52.3 Å².